The molecule has 0 spiro atoms. The molecule has 1 aliphatic heterocycles. The molecule has 0 atom stereocenters. The van der Waals surface area contributed by atoms with E-state index in [2.05, 4.69) is 6.92 Å². The Labute approximate surface area is 171 Å². The second kappa shape index (κ2) is 10.2. The van der Waals surface area contributed by atoms with Gasteiger partial charge in [0.15, 0.2) is 41.1 Å². The van der Waals surface area contributed by atoms with Crippen LogP contribution in [0.1, 0.15) is 50.0 Å². The van der Waals surface area contributed by atoms with E-state index < -0.39 is 47.7 Å². The third-order valence-corrected chi connectivity index (χ3v) is 4.90. The number of benzene rings is 2. The molecule has 30 heavy (non-hydrogen) atoms. The fourth-order valence-electron chi connectivity index (χ4n) is 3.29. The molecule has 0 N–H and O–H groups in total. The van der Waals surface area contributed by atoms with Crippen molar-refractivity contribution in [2.75, 3.05) is 13.2 Å². The second-order valence-electron chi connectivity index (χ2n) is 7.34. The molecule has 0 radical (unpaired) electrons. The molecular formula is C22H23F5O3. The van der Waals surface area contributed by atoms with Gasteiger partial charge in [0.05, 0.1) is 13.2 Å². The van der Waals surface area contributed by atoms with Gasteiger partial charge in [-0.1, -0.05) is 26.2 Å². The van der Waals surface area contributed by atoms with Gasteiger partial charge in [-0.25, -0.2) is 22.0 Å². The Bertz CT molecular complexity index is 820. The van der Waals surface area contributed by atoms with Gasteiger partial charge in [0.2, 0.25) is 0 Å². The van der Waals surface area contributed by atoms with Crippen molar-refractivity contribution in [1.82, 2.24) is 0 Å². The summed E-state index contributed by atoms with van der Waals surface area (Å²) in [4.78, 5) is 0. The maximum atomic E-state index is 14.4. The predicted molar refractivity (Wildman–Crippen MR) is 99.3 cm³/mol. The van der Waals surface area contributed by atoms with Crippen molar-refractivity contribution in [3.63, 3.8) is 0 Å². The van der Waals surface area contributed by atoms with E-state index in [1.165, 1.54) is 0 Å². The molecule has 0 aliphatic carbocycles. The number of halogens is 5. The molecule has 2 aromatic rings. The fourth-order valence-corrected chi connectivity index (χ4v) is 3.29. The molecular weight excluding hydrogens is 407 g/mol. The zero-order valence-electron chi connectivity index (χ0n) is 16.5. The molecule has 164 valence electrons. The van der Waals surface area contributed by atoms with Crippen molar-refractivity contribution in [1.29, 1.82) is 0 Å². The summed E-state index contributed by atoms with van der Waals surface area (Å²) < 4.78 is 84.5. The third-order valence-electron chi connectivity index (χ3n) is 4.90. The number of unbranched alkanes of at least 4 members (excludes halogenated alkanes) is 2. The van der Waals surface area contributed by atoms with Crippen LogP contribution in [-0.4, -0.2) is 13.2 Å². The molecule has 3 rings (SSSR count). The lowest BCUT2D eigenvalue weighted by Crippen LogP contribution is -2.27. The summed E-state index contributed by atoms with van der Waals surface area (Å²) in [5, 5.41) is 0. The van der Waals surface area contributed by atoms with Crippen molar-refractivity contribution in [3.05, 3.63) is 64.5 Å². The van der Waals surface area contributed by atoms with Crippen LogP contribution in [0.15, 0.2) is 24.3 Å². The summed E-state index contributed by atoms with van der Waals surface area (Å²) in [6, 6.07) is 3.46. The van der Waals surface area contributed by atoms with Crippen molar-refractivity contribution in [3.8, 4) is 5.75 Å². The number of hydrogen-bond donors (Lipinski definition) is 0. The van der Waals surface area contributed by atoms with E-state index in [1.807, 2.05) is 0 Å². The Morgan fingerprint density at radius 2 is 1.47 bits per heavy atom. The van der Waals surface area contributed by atoms with E-state index in [9.17, 15) is 22.0 Å². The van der Waals surface area contributed by atoms with E-state index in [1.54, 1.807) is 0 Å². The number of rotatable bonds is 8. The minimum absolute atomic E-state index is 0.109. The van der Waals surface area contributed by atoms with Gasteiger partial charge in [0.25, 0.3) is 0 Å². The van der Waals surface area contributed by atoms with Crippen molar-refractivity contribution < 1.29 is 36.2 Å². The van der Waals surface area contributed by atoms with Gasteiger partial charge >= 0.3 is 0 Å². The molecule has 0 bridgehead atoms. The number of ether oxygens (including phenoxy) is 3. The standard InChI is InChI=1S/C22H23F5O3/c1-2-3-4-5-13-10-29-22(30-11-13)15-8-18(25)21(19(26)9-15)28-12-14-6-16(23)20(27)17(24)7-14/h6-9,13,22H,2-5,10-12H2,1H3. The molecule has 8 heteroatoms. The average Bonchev–Trinajstić information content (AvgIpc) is 2.72. The Morgan fingerprint density at radius 3 is 2.03 bits per heavy atom. The van der Waals surface area contributed by atoms with E-state index in [0.717, 1.165) is 37.8 Å². The Balaban J connectivity index is 1.62. The highest BCUT2D eigenvalue weighted by Gasteiger charge is 2.26. The smallest absolute Gasteiger partial charge is 0.194 e. The fraction of sp³-hybridized carbons (Fsp3) is 0.455. The van der Waals surface area contributed by atoms with Gasteiger partial charge in [0.1, 0.15) is 6.61 Å². The molecule has 0 saturated carbocycles. The summed E-state index contributed by atoms with van der Waals surface area (Å²) >= 11 is 0. The number of hydrogen-bond acceptors (Lipinski definition) is 3. The van der Waals surface area contributed by atoms with Gasteiger partial charge in [-0.15, -0.1) is 0 Å². The quantitative estimate of drug-likeness (QED) is 0.283. The van der Waals surface area contributed by atoms with Crippen LogP contribution in [0, 0.1) is 35.0 Å². The SMILES string of the molecule is CCCCCC1COC(c2cc(F)c(OCc3cc(F)c(F)c(F)c3)c(F)c2)OC1. The van der Waals surface area contributed by atoms with Crippen LogP contribution in [0.25, 0.3) is 0 Å². The first-order valence-electron chi connectivity index (χ1n) is 9.87. The summed E-state index contributed by atoms with van der Waals surface area (Å²) in [6.07, 6.45) is 3.42. The van der Waals surface area contributed by atoms with Gasteiger partial charge in [-0.2, -0.15) is 0 Å². The minimum atomic E-state index is -1.62. The normalized spacial score (nSPS) is 19.1. The summed E-state index contributed by atoms with van der Waals surface area (Å²) in [6.45, 7) is 2.46. The highest BCUT2D eigenvalue weighted by atomic mass is 19.2. The Hall–Kier alpha value is -2.19. The summed E-state index contributed by atoms with van der Waals surface area (Å²) in [5.41, 5.74) is 0.0607. The lowest BCUT2D eigenvalue weighted by molar-refractivity contribution is -0.206. The second-order valence-corrected chi connectivity index (χ2v) is 7.34. The zero-order chi connectivity index (χ0) is 21.7. The highest BCUT2D eigenvalue weighted by Crippen LogP contribution is 2.32. The van der Waals surface area contributed by atoms with Gasteiger partial charge in [0, 0.05) is 11.5 Å². The van der Waals surface area contributed by atoms with Crippen LogP contribution in [0.5, 0.6) is 5.75 Å². The van der Waals surface area contributed by atoms with E-state index in [4.69, 9.17) is 14.2 Å². The van der Waals surface area contributed by atoms with E-state index >= 15 is 0 Å². The van der Waals surface area contributed by atoms with Crippen LogP contribution < -0.4 is 4.74 Å². The topological polar surface area (TPSA) is 27.7 Å². The molecule has 0 amide bonds. The first-order valence-corrected chi connectivity index (χ1v) is 9.87. The van der Waals surface area contributed by atoms with Gasteiger partial charge in [-0.3, -0.25) is 0 Å². The first-order chi connectivity index (χ1) is 14.4. The maximum Gasteiger partial charge on any atom is 0.194 e. The minimum Gasteiger partial charge on any atom is -0.483 e. The van der Waals surface area contributed by atoms with Crippen LogP contribution >= 0.6 is 0 Å². The van der Waals surface area contributed by atoms with Gasteiger partial charge < -0.3 is 14.2 Å². The van der Waals surface area contributed by atoms with Crippen molar-refractivity contribution >= 4 is 0 Å². The largest absolute Gasteiger partial charge is 0.483 e. The molecule has 1 aliphatic rings. The average molecular weight is 430 g/mol. The Morgan fingerprint density at radius 1 is 0.867 bits per heavy atom. The lowest BCUT2D eigenvalue weighted by Gasteiger charge is -2.29. The van der Waals surface area contributed by atoms with Crippen molar-refractivity contribution in [2.45, 2.75) is 45.5 Å². The monoisotopic (exact) mass is 430 g/mol. The van der Waals surface area contributed by atoms with Crippen LogP contribution in [-0.2, 0) is 16.1 Å². The Kier molecular flexibility index (Phi) is 7.66. The van der Waals surface area contributed by atoms with Crippen LogP contribution in [0.3, 0.4) is 0 Å². The molecule has 3 nitrogen and oxygen atoms in total. The molecule has 2 aromatic carbocycles. The zero-order valence-corrected chi connectivity index (χ0v) is 16.5. The first kappa shape index (κ1) is 22.5. The molecule has 1 fully saturated rings. The van der Waals surface area contributed by atoms with Crippen LogP contribution in [0.4, 0.5) is 22.0 Å². The van der Waals surface area contributed by atoms with Crippen LogP contribution in [0.2, 0.25) is 0 Å². The third kappa shape index (κ3) is 5.49. The molecule has 0 unspecified atom stereocenters. The predicted octanol–water partition coefficient (Wildman–Crippen LogP) is 6.20. The molecule has 1 saturated heterocycles. The lowest BCUT2D eigenvalue weighted by atomic mass is 10.0. The van der Waals surface area contributed by atoms with Gasteiger partial charge in [-0.05, 0) is 36.2 Å². The summed E-state index contributed by atoms with van der Waals surface area (Å²) in [7, 11) is 0. The van der Waals surface area contributed by atoms with Crippen molar-refractivity contribution in [2.24, 2.45) is 5.92 Å². The molecule has 0 aromatic heterocycles. The maximum absolute atomic E-state index is 14.4. The molecule has 1 heterocycles. The van der Waals surface area contributed by atoms with E-state index in [0.29, 0.717) is 25.3 Å². The van der Waals surface area contributed by atoms with E-state index in [-0.39, 0.29) is 17.0 Å². The highest BCUT2D eigenvalue weighted by molar-refractivity contribution is 5.32. The summed E-state index contributed by atoms with van der Waals surface area (Å²) in [5.74, 6) is -6.93.